The first-order valence-corrected chi connectivity index (χ1v) is 6.53. The molecular weight excluding hydrogens is 258 g/mol. The molecule has 1 aromatic rings. The molecule has 0 aliphatic carbocycles. The predicted molar refractivity (Wildman–Crippen MR) is 75.0 cm³/mol. The maximum Gasteiger partial charge on any atom is 0.337 e. The molecule has 2 N–H and O–H groups in total. The molecule has 0 fully saturated rings. The van der Waals surface area contributed by atoms with Gasteiger partial charge in [0.2, 0.25) is 5.91 Å². The number of esters is 1. The van der Waals surface area contributed by atoms with Gasteiger partial charge >= 0.3 is 5.97 Å². The summed E-state index contributed by atoms with van der Waals surface area (Å²) >= 11 is 0. The van der Waals surface area contributed by atoms with Crippen LogP contribution in [0.2, 0.25) is 0 Å². The summed E-state index contributed by atoms with van der Waals surface area (Å²) in [6.07, 6.45) is -1.77. The molecule has 2 atom stereocenters. The van der Waals surface area contributed by atoms with Crippen LogP contribution in [0.3, 0.4) is 0 Å². The molecule has 0 unspecified atom stereocenters. The normalized spacial score (nSPS) is 13.7. The third-order valence-electron chi connectivity index (χ3n) is 2.70. The number of aliphatic hydroxyl groups excluding tert-OH is 1. The van der Waals surface area contributed by atoms with Crippen LogP contribution >= 0.6 is 0 Å². The molecule has 0 saturated heterocycles. The van der Waals surface area contributed by atoms with E-state index in [1.165, 1.54) is 6.92 Å². The predicted octanol–water partition coefficient (Wildman–Crippen LogP) is 1.48. The topological polar surface area (TPSA) is 75.6 Å². The molecule has 1 rings (SSSR count). The number of rotatable bonds is 5. The lowest BCUT2D eigenvalue weighted by Crippen LogP contribution is -2.41. The minimum atomic E-state index is -1.44. The molecule has 1 amide bonds. The lowest BCUT2D eigenvalue weighted by atomic mass is 10.00. The highest BCUT2D eigenvalue weighted by atomic mass is 16.6. The molecule has 5 heteroatoms. The van der Waals surface area contributed by atoms with Gasteiger partial charge in [-0.1, -0.05) is 29.8 Å². The van der Waals surface area contributed by atoms with E-state index in [1.54, 1.807) is 26.0 Å². The first-order valence-electron chi connectivity index (χ1n) is 6.53. The van der Waals surface area contributed by atoms with Gasteiger partial charge in [-0.25, -0.2) is 4.79 Å². The number of aryl methyl sites for hydroxylation is 1. The summed E-state index contributed by atoms with van der Waals surface area (Å²) in [6, 6.07) is 6.41. The van der Waals surface area contributed by atoms with Gasteiger partial charge in [-0.15, -0.1) is 0 Å². The summed E-state index contributed by atoms with van der Waals surface area (Å²) in [5.74, 6) is -1.08. The second kappa shape index (κ2) is 7.05. The third-order valence-corrected chi connectivity index (χ3v) is 2.70. The van der Waals surface area contributed by atoms with Crippen molar-refractivity contribution in [2.45, 2.75) is 45.9 Å². The number of hydrogen-bond acceptors (Lipinski definition) is 4. The molecule has 1 aromatic carbocycles. The van der Waals surface area contributed by atoms with Gasteiger partial charge < -0.3 is 15.2 Å². The smallest absolute Gasteiger partial charge is 0.337 e. The lowest BCUT2D eigenvalue weighted by Gasteiger charge is -2.23. The fourth-order valence-corrected chi connectivity index (χ4v) is 1.78. The van der Waals surface area contributed by atoms with Gasteiger partial charge in [0.15, 0.2) is 6.10 Å². The Morgan fingerprint density at radius 2 is 1.75 bits per heavy atom. The Morgan fingerprint density at radius 3 is 2.20 bits per heavy atom. The van der Waals surface area contributed by atoms with E-state index in [0.717, 1.165) is 5.56 Å². The number of amides is 1. The summed E-state index contributed by atoms with van der Waals surface area (Å²) in [5, 5.41) is 12.7. The van der Waals surface area contributed by atoms with E-state index in [-0.39, 0.29) is 12.0 Å². The molecule has 0 aromatic heterocycles. The molecule has 20 heavy (non-hydrogen) atoms. The Labute approximate surface area is 118 Å². The van der Waals surface area contributed by atoms with Gasteiger partial charge in [0.1, 0.15) is 0 Å². The van der Waals surface area contributed by atoms with Crippen molar-refractivity contribution in [3.63, 3.8) is 0 Å². The molecule has 0 aliphatic rings. The van der Waals surface area contributed by atoms with Crippen molar-refractivity contribution in [1.82, 2.24) is 5.32 Å². The first-order chi connectivity index (χ1) is 9.31. The van der Waals surface area contributed by atoms with Crippen LogP contribution in [0.25, 0.3) is 0 Å². The minimum absolute atomic E-state index is 0.326. The molecule has 5 nitrogen and oxygen atoms in total. The van der Waals surface area contributed by atoms with Crippen molar-refractivity contribution >= 4 is 11.9 Å². The van der Waals surface area contributed by atoms with Crippen LogP contribution in [0, 0.1) is 6.92 Å². The summed E-state index contributed by atoms with van der Waals surface area (Å²) < 4.78 is 4.98. The number of carbonyl (C=O) groups is 2. The highest BCUT2D eigenvalue weighted by Gasteiger charge is 2.30. The van der Waals surface area contributed by atoms with Gasteiger partial charge in [0.25, 0.3) is 0 Å². The standard InChI is InChI=1S/C15H21NO4/c1-9(2)20-15(19)14(18)13(16-11(4)17)12-7-5-10(3)6-8-12/h5-9,13-14,18H,1-4H3,(H,16,17)/t13-,14+/m0/s1. The number of aliphatic hydroxyl groups is 1. The fraction of sp³-hybridized carbons (Fsp3) is 0.467. The second-order valence-corrected chi connectivity index (χ2v) is 5.02. The molecule has 0 bridgehead atoms. The number of benzene rings is 1. The van der Waals surface area contributed by atoms with Crippen LogP contribution in [-0.4, -0.2) is 29.2 Å². The van der Waals surface area contributed by atoms with Crippen molar-refractivity contribution in [3.8, 4) is 0 Å². The number of hydrogen-bond donors (Lipinski definition) is 2. The van der Waals surface area contributed by atoms with Crippen molar-refractivity contribution in [2.75, 3.05) is 0 Å². The third kappa shape index (κ3) is 4.66. The average Bonchev–Trinajstić information content (AvgIpc) is 2.35. The van der Waals surface area contributed by atoms with Crippen molar-refractivity contribution < 1.29 is 19.4 Å². The van der Waals surface area contributed by atoms with Crippen molar-refractivity contribution in [3.05, 3.63) is 35.4 Å². The van der Waals surface area contributed by atoms with Gasteiger partial charge in [-0.05, 0) is 26.3 Å². The number of carbonyl (C=O) groups excluding carboxylic acids is 2. The Morgan fingerprint density at radius 1 is 1.20 bits per heavy atom. The van der Waals surface area contributed by atoms with E-state index < -0.39 is 18.1 Å². The molecule has 0 heterocycles. The summed E-state index contributed by atoms with van der Waals surface area (Å²) in [7, 11) is 0. The maximum absolute atomic E-state index is 11.8. The van der Waals surface area contributed by atoms with Gasteiger partial charge in [0, 0.05) is 6.92 Å². The van der Waals surface area contributed by atoms with Gasteiger partial charge in [-0.3, -0.25) is 4.79 Å². The Balaban J connectivity index is 2.96. The molecular formula is C15H21NO4. The molecule has 110 valence electrons. The lowest BCUT2D eigenvalue weighted by molar-refractivity contribution is -0.159. The minimum Gasteiger partial charge on any atom is -0.461 e. The Bertz CT molecular complexity index is 467. The zero-order valence-electron chi connectivity index (χ0n) is 12.2. The van der Waals surface area contributed by atoms with Crippen molar-refractivity contribution in [2.24, 2.45) is 0 Å². The van der Waals surface area contributed by atoms with Crippen LogP contribution in [0.5, 0.6) is 0 Å². The Kier molecular flexibility index (Phi) is 5.70. The van der Waals surface area contributed by atoms with E-state index in [1.807, 2.05) is 19.1 Å². The molecule has 0 saturated carbocycles. The SMILES string of the molecule is CC(=O)N[C@@H](c1ccc(C)cc1)[C@@H](O)C(=O)OC(C)C. The van der Waals surface area contributed by atoms with E-state index in [2.05, 4.69) is 5.32 Å². The number of ether oxygens (including phenoxy) is 1. The zero-order chi connectivity index (χ0) is 15.3. The second-order valence-electron chi connectivity index (χ2n) is 5.02. The fourth-order valence-electron chi connectivity index (χ4n) is 1.78. The Hall–Kier alpha value is -1.88. The highest BCUT2D eigenvalue weighted by molar-refractivity contribution is 5.79. The van der Waals surface area contributed by atoms with E-state index in [4.69, 9.17) is 4.74 Å². The monoisotopic (exact) mass is 279 g/mol. The van der Waals surface area contributed by atoms with E-state index in [9.17, 15) is 14.7 Å². The quantitative estimate of drug-likeness (QED) is 0.801. The van der Waals surface area contributed by atoms with Crippen molar-refractivity contribution in [1.29, 1.82) is 0 Å². The molecule has 0 spiro atoms. The zero-order valence-corrected chi connectivity index (χ0v) is 12.2. The summed E-state index contributed by atoms with van der Waals surface area (Å²) in [5.41, 5.74) is 1.70. The van der Waals surface area contributed by atoms with Crippen LogP contribution in [-0.2, 0) is 14.3 Å². The van der Waals surface area contributed by atoms with Crippen LogP contribution in [0.4, 0.5) is 0 Å². The molecule has 0 aliphatic heterocycles. The number of nitrogens with one attached hydrogen (secondary N) is 1. The van der Waals surface area contributed by atoms with Crippen LogP contribution < -0.4 is 5.32 Å². The van der Waals surface area contributed by atoms with Crippen LogP contribution in [0.15, 0.2) is 24.3 Å². The van der Waals surface area contributed by atoms with E-state index >= 15 is 0 Å². The largest absolute Gasteiger partial charge is 0.461 e. The first kappa shape index (κ1) is 16.2. The van der Waals surface area contributed by atoms with Gasteiger partial charge in [-0.2, -0.15) is 0 Å². The maximum atomic E-state index is 11.8. The highest BCUT2D eigenvalue weighted by Crippen LogP contribution is 2.19. The summed E-state index contributed by atoms with van der Waals surface area (Å²) in [6.45, 7) is 6.66. The van der Waals surface area contributed by atoms with E-state index in [0.29, 0.717) is 5.56 Å². The average molecular weight is 279 g/mol. The summed E-state index contributed by atoms with van der Waals surface area (Å²) in [4.78, 5) is 23.1. The van der Waals surface area contributed by atoms with Crippen LogP contribution in [0.1, 0.15) is 37.9 Å². The van der Waals surface area contributed by atoms with Gasteiger partial charge in [0.05, 0.1) is 12.1 Å². The molecule has 0 radical (unpaired) electrons.